The lowest BCUT2D eigenvalue weighted by molar-refractivity contribution is 0.460. The van der Waals surface area contributed by atoms with Crippen LogP contribution in [0.25, 0.3) is 0 Å². The molecule has 21 heavy (non-hydrogen) atoms. The van der Waals surface area contributed by atoms with Gasteiger partial charge in [-0.25, -0.2) is 0 Å². The van der Waals surface area contributed by atoms with Crippen molar-refractivity contribution in [2.45, 2.75) is 39.2 Å². The van der Waals surface area contributed by atoms with E-state index in [0.29, 0.717) is 11.8 Å². The van der Waals surface area contributed by atoms with Gasteiger partial charge in [-0.2, -0.15) is 0 Å². The molecule has 0 bridgehead atoms. The summed E-state index contributed by atoms with van der Waals surface area (Å²) in [6, 6.07) is 16.8. The highest BCUT2D eigenvalue weighted by Crippen LogP contribution is 2.34. The Morgan fingerprint density at radius 3 is 2.43 bits per heavy atom. The lowest BCUT2D eigenvalue weighted by atomic mass is 9.87. The van der Waals surface area contributed by atoms with Gasteiger partial charge in [0.1, 0.15) is 5.75 Å². The minimum Gasteiger partial charge on any atom is -0.508 e. The minimum absolute atomic E-state index is 0.220. The summed E-state index contributed by atoms with van der Waals surface area (Å²) in [4.78, 5) is 0. The third-order valence-corrected chi connectivity index (χ3v) is 3.75. The van der Waals surface area contributed by atoms with E-state index in [4.69, 9.17) is 0 Å². The smallest absolute Gasteiger partial charge is 0.119 e. The van der Waals surface area contributed by atoms with E-state index in [0.717, 1.165) is 18.5 Å². The molecule has 0 heterocycles. The zero-order valence-corrected chi connectivity index (χ0v) is 13.1. The second-order valence-corrected chi connectivity index (χ2v) is 5.92. The van der Waals surface area contributed by atoms with Gasteiger partial charge in [0.05, 0.1) is 0 Å². The Morgan fingerprint density at radius 1 is 1.05 bits per heavy atom. The first kappa shape index (κ1) is 15.6. The zero-order chi connectivity index (χ0) is 15.2. The van der Waals surface area contributed by atoms with Crippen molar-refractivity contribution in [3.05, 3.63) is 65.2 Å². The van der Waals surface area contributed by atoms with Gasteiger partial charge in [0.2, 0.25) is 0 Å². The van der Waals surface area contributed by atoms with Gasteiger partial charge in [0.25, 0.3) is 0 Å². The molecule has 2 heteroatoms. The minimum atomic E-state index is 0.220. The number of aromatic hydroxyl groups is 1. The maximum atomic E-state index is 10.3. The first-order chi connectivity index (χ1) is 10.1. The average Bonchev–Trinajstić information content (AvgIpc) is 2.47. The van der Waals surface area contributed by atoms with Gasteiger partial charge in [-0.3, -0.25) is 0 Å². The number of phenolic OH excluding ortho intramolecular Hbond substituents is 1. The molecule has 0 aliphatic heterocycles. The molecule has 0 radical (unpaired) electrons. The summed E-state index contributed by atoms with van der Waals surface area (Å²) >= 11 is 0. The largest absolute Gasteiger partial charge is 0.508 e. The van der Waals surface area contributed by atoms with E-state index in [1.165, 1.54) is 11.1 Å². The van der Waals surface area contributed by atoms with Crippen molar-refractivity contribution in [3.63, 3.8) is 0 Å². The summed E-state index contributed by atoms with van der Waals surface area (Å²) in [6.45, 7) is 7.31. The van der Waals surface area contributed by atoms with Crippen LogP contribution in [-0.4, -0.2) is 17.7 Å². The summed E-state index contributed by atoms with van der Waals surface area (Å²) in [5.74, 6) is 0.608. The molecule has 1 atom stereocenters. The van der Waals surface area contributed by atoms with Crippen molar-refractivity contribution in [1.29, 1.82) is 0 Å². The number of nitrogens with one attached hydrogen (secondary N) is 1. The molecule has 0 saturated heterocycles. The van der Waals surface area contributed by atoms with Crippen LogP contribution in [-0.2, 0) is 0 Å². The fraction of sp³-hybridized carbons (Fsp3) is 0.368. The predicted molar refractivity (Wildman–Crippen MR) is 88.9 cm³/mol. The van der Waals surface area contributed by atoms with Crippen LogP contribution in [0.1, 0.15) is 42.9 Å². The Labute approximate surface area is 127 Å². The molecule has 2 aromatic carbocycles. The molecule has 0 aromatic heterocycles. The van der Waals surface area contributed by atoms with Gasteiger partial charge < -0.3 is 10.4 Å². The molecule has 0 fully saturated rings. The van der Waals surface area contributed by atoms with E-state index in [1.807, 2.05) is 12.1 Å². The molecule has 2 rings (SSSR count). The van der Waals surface area contributed by atoms with E-state index < -0.39 is 0 Å². The van der Waals surface area contributed by atoms with Crippen LogP contribution in [0.15, 0.2) is 48.5 Å². The van der Waals surface area contributed by atoms with Gasteiger partial charge in [0, 0.05) is 17.5 Å². The number of benzene rings is 2. The number of hydrogen-bond donors (Lipinski definition) is 2. The van der Waals surface area contributed by atoms with Crippen LogP contribution in [0.5, 0.6) is 5.75 Å². The predicted octanol–water partition coefficient (Wildman–Crippen LogP) is 4.22. The summed E-state index contributed by atoms with van der Waals surface area (Å²) in [7, 11) is 0. The molecular weight excluding hydrogens is 258 g/mol. The van der Waals surface area contributed by atoms with E-state index >= 15 is 0 Å². The summed E-state index contributed by atoms with van der Waals surface area (Å²) in [6.07, 6.45) is 0.971. The van der Waals surface area contributed by atoms with Crippen LogP contribution in [0.4, 0.5) is 0 Å². The molecule has 2 N–H and O–H groups in total. The fourth-order valence-corrected chi connectivity index (χ4v) is 2.66. The number of phenols is 1. The lowest BCUT2D eigenvalue weighted by Crippen LogP contribution is -2.25. The lowest BCUT2D eigenvalue weighted by Gasteiger charge is -2.21. The van der Waals surface area contributed by atoms with Crippen LogP contribution in [0.3, 0.4) is 0 Å². The normalized spacial score (nSPS) is 12.6. The molecular formula is C19H25NO. The molecule has 0 amide bonds. The Hall–Kier alpha value is -1.80. The summed E-state index contributed by atoms with van der Waals surface area (Å²) < 4.78 is 0. The standard InChI is InChI=1S/C19H25NO/c1-14(2)20-12-11-17(16-7-5-4-6-8-16)18-13-15(3)9-10-19(18)21/h4-10,13-14,17,20-21H,11-12H2,1-3H3/t17-/m0/s1. The van der Waals surface area contributed by atoms with E-state index in [-0.39, 0.29) is 5.92 Å². The zero-order valence-electron chi connectivity index (χ0n) is 13.1. The molecule has 0 aliphatic rings. The Balaban J connectivity index is 2.29. The van der Waals surface area contributed by atoms with Gasteiger partial charge in [0.15, 0.2) is 0 Å². The number of hydrogen-bond acceptors (Lipinski definition) is 2. The number of rotatable bonds is 6. The quantitative estimate of drug-likeness (QED) is 0.832. The highest BCUT2D eigenvalue weighted by atomic mass is 16.3. The fourth-order valence-electron chi connectivity index (χ4n) is 2.66. The monoisotopic (exact) mass is 283 g/mol. The number of aryl methyl sites for hydroxylation is 1. The van der Waals surface area contributed by atoms with Gasteiger partial charge in [-0.05, 0) is 31.5 Å². The molecule has 0 unspecified atom stereocenters. The van der Waals surface area contributed by atoms with Gasteiger partial charge in [-0.15, -0.1) is 0 Å². The molecule has 0 aliphatic carbocycles. The molecule has 0 saturated carbocycles. The molecule has 0 spiro atoms. The highest BCUT2D eigenvalue weighted by molar-refractivity contribution is 5.43. The SMILES string of the molecule is Cc1ccc(O)c([C@@H](CCNC(C)C)c2ccccc2)c1. The Kier molecular flexibility index (Phi) is 5.40. The van der Waals surface area contributed by atoms with Gasteiger partial charge >= 0.3 is 0 Å². The summed E-state index contributed by atoms with van der Waals surface area (Å²) in [5.41, 5.74) is 3.45. The third-order valence-electron chi connectivity index (χ3n) is 3.75. The second-order valence-electron chi connectivity index (χ2n) is 5.92. The molecule has 2 aromatic rings. The van der Waals surface area contributed by atoms with E-state index in [2.05, 4.69) is 56.4 Å². The highest BCUT2D eigenvalue weighted by Gasteiger charge is 2.17. The van der Waals surface area contributed by atoms with Crippen molar-refractivity contribution in [3.8, 4) is 5.75 Å². The Morgan fingerprint density at radius 2 is 1.76 bits per heavy atom. The topological polar surface area (TPSA) is 32.3 Å². The van der Waals surface area contributed by atoms with Crippen molar-refractivity contribution in [2.24, 2.45) is 0 Å². The molecule has 2 nitrogen and oxygen atoms in total. The third kappa shape index (κ3) is 4.33. The van der Waals surface area contributed by atoms with Crippen molar-refractivity contribution in [2.75, 3.05) is 6.54 Å². The average molecular weight is 283 g/mol. The van der Waals surface area contributed by atoms with Crippen LogP contribution in [0.2, 0.25) is 0 Å². The van der Waals surface area contributed by atoms with E-state index in [9.17, 15) is 5.11 Å². The van der Waals surface area contributed by atoms with Crippen molar-refractivity contribution in [1.82, 2.24) is 5.32 Å². The van der Waals surface area contributed by atoms with Crippen LogP contribution < -0.4 is 5.32 Å². The Bertz CT molecular complexity index is 563. The van der Waals surface area contributed by atoms with Crippen molar-refractivity contribution < 1.29 is 5.11 Å². The second kappa shape index (κ2) is 7.28. The maximum Gasteiger partial charge on any atom is 0.119 e. The maximum absolute atomic E-state index is 10.3. The van der Waals surface area contributed by atoms with Crippen LogP contribution >= 0.6 is 0 Å². The summed E-state index contributed by atoms with van der Waals surface area (Å²) in [5, 5.41) is 13.7. The first-order valence-corrected chi connectivity index (χ1v) is 7.65. The van der Waals surface area contributed by atoms with Gasteiger partial charge in [-0.1, -0.05) is 61.9 Å². The first-order valence-electron chi connectivity index (χ1n) is 7.65. The van der Waals surface area contributed by atoms with Crippen molar-refractivity contribution >= 4 is 0 Å². The van der Waals surface area contributed by atoms with Crippen LogP contribution in [0, 0.1) is 6.92 Å². The van der Waals surface area contributed by atoms with E-state index in [1.54, 1.807) is 6.07 Å². The molecule has 112 valence electrons.